The Bertz CT molecular complexity index is 1090. The van der Waals surface area contributed by atoms with E-state index in [2.05, 4.69) is 5.32 Å². The van der Waals surface area contributed by atoms with Crippen LogP contribution in [0.25, 0.3) is 0 Å². The molecule has 3 N–H and O–H groups in total. The lowest BCUT2D eigenvalue weighted by Gasteiger charge is -2.37. The molecule has 2 amide bonds. The smallest absolute Gasteiger partial charge is 0.263 e. The summed E-state index contributed by atoms with van der Waals surface area (Å²) in [6.07, 6.45) is 0. The molecule has 2 aromatic carbocycles. The first-order valence-corrected chi connectivity index (χ1v) is 10.8. The van der Waals surface area contributed by atoms with E-state index >= 15 is 0 Å². The highest BCUT2D eigenvalue weighted by Crippen LogP contribution is 2.25. The van der Waals surface area contributed by atoms with Crippen molar-refractivity contribution >= 4 is 21.8 Å². The molecule has 1 aliphatic rings. The van der Waals surface area contributed by atoms with Crippen molar-refractivity contribution in [3.63, 3.8) is 0 Å². The monoisotopic (exact) mass is 451 g/mol. The molecule has 1 aliphatic heterocycles. The van der Waals surface area contributed by atoms with Crippen molar-refractivity contribution in [3.8, 4) is 5.75 Å². The molecule has 1 saturated heterocycles. The molecular weight excluding hydrogens is 429 g/mol. The number of nitrogens with one attached hydrogen (secondary N) is 2. The number of piperazine rings is 1. The second-order valence-corrected chi connectivity index (χ2v) is 9.05. The molecule has 166 valence electrons. The third kappa shape index (κ3) is 4.84. The van der Waals surface area contributed by atoms with E-state index in [0.717, 1.165) is 9.87 Å². The third-order valence-corrected chi connectivity index (χ3v) is 6.83. The number of hydroxylamine groups is 1. The molecular formula is C20H22FN3O6S. The first-order chi connectivity index (χ1) is 14.6. The number of carbonyl (C=O) groups excluding carboxylic acids is 2. The Hall–Kier alpha value is -3.02. The van der Waals surface area contributed by atoms with Crippen LogP contribution in [0.5, 0.6) is 5.75 Å². The van der Waals surface area contributed by atoms with Crippen LogP contribution in [0.2, 0.25) is 0 Å². The molecule has 2 aromatic rings. The Morgan fingerprint density at radius 2 is 1.97 bits per heavy atom. The SMILES string of the molecule is Cc1ccc(F)cc1COc1ccc(S(=O)(=O)N2CC(=O)N[C@@H](C)[C@@H]2C(=O)NO)cc1. The topological polar surface area (TPSA) is 125 Å². The zero-order chi connectivity index (χ0) is 22.8. The van der Waals surface area contributed by atoms with Gasteiger partial charge < -0.3 is 10.1 Å². The Balaban J connectivity index is 1.80. The van der Waals surface area contributed by atoms with E-state index in [-0.39, 0.29) is 17.3 Å². The van der Waals surface area contributed by atoms with E-state index in [1.807, 2.05) is 6.92 Å². The van der Waals surface area contributed by atoms with Gasteiger partial charge in [0.05, 0.1) is 17.5 Å². The lowest BCUT2D eigenvalue weighted by Crippen LogP contribution is -2.65. The highest BCUT2D eigenvalue weighted by molar-refractivity contribution is 7.89. The van der Waals surface area contributed by atoms with Gasteiger partial charge in [-0.3, -0.25) is 14.8 Å². The van der Waals surface area contributed by atoms with Crippen molar-refractivity contribution in [2.75, 3.05) is 6.54 Å². The number of amides is 2. The maximum Gasteiger partial charge on any atom is 0.263 e. The maximum absolute atomic E-state index is 13.4. The lowest BCUT2D eigenvalue weighted by atomic mass is 10.1. The van der Waals surface area contributed by atoms with Gasteiger partial charge in [-0.2, -0.15) is 4.31 Å². The van der Waals surface area contributed by atoms with Crippen LogP contribution < -0.4 is 15.5 Å². The van der Waals surface area contributed by atoms with Gasteiger partial charge in [0, 0.05) is 0 Å². The van der Waals surface area contributed by atoms with Crippen LogP contribution in [0.15, 0.2) is 47.4 Å². The second-order valence-electron chi connectivity index (χ2n) is 7.16. The predicted molar refractivity (Wildman–Crippen MR) is 107 cm³/mol. The number of sulfonamides is 1. The minimum Gasteiger partial charge on any atom is -0.489 e. The summed E-state index contributed by atoms with van der Waals surface area (Å²) in [6.45, 7) is 2.81. The number of halogens is 1. The minimum absolute atomic E-state index is 0.0955. The molecule has 2 atom stereocenters. The van der Waals surface area contributed by atoms with Crippen LogP contribution >= 0.6 is 0 Å². The van der Waals surface area contributed by atoms with Crippen LogP contribution in [0.1, 0.15) is 18.1 Å². The number of benzene rings is 2. The van der Waals surface area contributed by atoms with Gasteiger partial charge in [0.15, 0.2) is 0 Å². The summed E-state index contributed by atoms with van der Waals surface area (Å²) in [7, 11) is -4.23. The number of hydrogen-bond donors (Lipinski definition) is 3. The maximum atomic E-state index is 13.4. The van der Waals surface area contributed by atoms with Crippen molar-refractivity contribution in [2.24, 2.45) is 0 Å². The molecule has 0 radical (unpaired) electrons. The minimum atomic E-state index is -4.23. The molecule has 0 aromatic heterocycles. The summed E-state index contributed by atoms with van der Waals surface area (Å²) >= 11 is 0. The number of aryl methyl sites for hydroxylation is 1. The Morgan fingerprint density at radius 1 is 1.29 bits per heavy atom. The van der Waals surface area contributed by atoms with Gasteiger partial charge in [0.2, 0.25) is 15.9 Å². The van der Waals surface area contributed by atoms with E-state index in [9.17, 15) is 22.4 Å². The molecule has 31 heavy (non-hydrogen) atoms. The van der Waals surface area contributed by atoms with Crippen molar-refractivity contribution < 1.29 is 32.3 Å². The second kappa shape index (κ2) is 9.00. The van der Waals surface area contributed by atoms with Gasteiger partial charge >= 0.3 is 0 Å². The van der Waals surface area contributed by atoms with Gasteiger partial charge in [-0.15, -0.1) is 0 Å². The van der Waals surface area contributed by atoms with Gasteiger partial charge in [-0.05, 0) is 61.4 Å². The molecule has 0 unspecified atom stereocenters. The molecule has 0 bridgehead atoms. The highest BCUT2D eigenvalue weighted by atomic mass is 32.2. The van der Waals surface area contributed by atoms with Crippen LogP contribution in [0, 0.1) is 12.7 Å². The summed E-state index contributed by atoms with van der Waals surface area (Å²) in [6, 6.07) is 7.61. The molecule has 0 saturated carbocycles. The molecule has 1 heterocycles. The van der Waals surface area contributed by atoms with E-state index < -0.39 is 40.5 Å². The molecule has 9 nitrogen and oxygen atoms in total. The summed E-state index contributed by atoms with van der Waals surface area (Å²) < 4.78 is 45.9. The van der Waals surface area contributed by atoms with Gasteiger partial charge in [0.1, 0.15) is 24.2 Å². The quantitative estimate of drug-likeness (QED) is 0.446. The van der Waals surface area contributed by atoms with Crippen LogP contribution in [-0.2, 0) is 26.2 Å². The Morgan fingerprint density at radius 3 is 2.61 bits per heavy atom. The van der Waals surface area contributed by atoms with E-state index in [1.165, 1.54) is 48.8 Å². The van der Waals surface area contributed by atoms with Gasteiger partial charge in [-0.25, -0.2) is 18.3 Å². The van der Waals surface area contributed by atoms with Crippen molar-refractivity contribution in [1.82, 2.24) is 15.1 Å². The zero-order valence-corrected chi connectivity index (χ0v) is 17.6. The summed E-state index contributed by atoms with van der Waals surface area (Å²) in [4.78, 5) is 23.8. The normalized spacial score (nSPS) is 19.5. The van der Waals surface area contributed by atoms with Crippen molar-refractivity contribution in [1.29, 1.82) is 0 Å². The van der Waals surface area contributed by atoms with Crippen LogP contribution in [0.3, 0.4) is 0 Å². The average molecular weight is 451 g/mol. The summed E-state index contributed by atoms with van der Waals surface area (Å²) in [5.74, 6) is -1.55. The largest absolute Gasteiger partial charge is 0.489 e. The Labute approximate surface area is 178 Å². The van der Waals surface area contributed by atoms with Gasteiger partial charge in [-0.1, -0.05) is 6.07 Å². The van der Waals surface area contributed by atoms with Gasteiger partial charge in [0.25, 0.3) is 5.91 Å². The highest BCUT2D eigenvalue weighted by Gasteiger charge is 2.44. The fourth-order valence-electron chi connectivity index (χ4n) is 3.33. The van der Waals surface area contributed by atoms with E-state index in [4.69, 9.17) is 9.94 Å². The number of ether oxygens (including phenoxy) is 1. The lowest BCUT2D eigenvalue weighted by molar-refractivity contribution is -0.137. The molecule has 0 aliphatic carbocycles. The predicted octanol–water partition coefficient (Wildman–Crippen LogP) is 1.10. The number of rotatable bonds is 6. The summed E-state index contributed by atoms with van der Waals surface area (Å²) in [5.41, 5.74) is 2.95. The molecule has 11 heteroatoms. The third-order valence-electron chi connectivity index (χ3n) is 4.99. The fraction of sp³-hybridized carbons (Fsp3) is 0.300. The van der Waals surface area contributed by atoms with Crippen LogP contribution in [0.4, 0.5) is 4.39 Å². The molecule has 3 rings (SSSR count). The van der Waals surface area contributed by atoms with Crippen molar-refractivity contribution in [2.45, 2.75) is 37.4 Å². The average Bonchev–Trinajstić information content (AvgIpc) is 2.73. The first kappa shape index (κ1) is 22.7. The van der Waals surface area contributed by atoms with Crippen molar-refractivity contribution in [3.05, 3.63) is 59.4 Å². The number of hydrogen-bond acceptors (Lipinski definition) is 6. The van der Waals surface area contributed by atoms with E-state index in [1.54, 1.807) is 6.07 Å². The molecule has 1 fully saturated rings. The van der Waals surface area contributed by atoms with E-state index in [0.29, 0.717) is 11.3 Å². The zero-order valence-electron chi connectivity index (χ0n) is 16.8. The standard InChI is InChI=1S/C20H22FN3O6S/c1-12-3-4-15(21)9-14(12)11-30-16-5-7-17(8-6-16)31(28,29)24-10-18(25)22-13(2)19(24)20(26)23-27/h3-9,13,19,27H,10-11H2,1-2H3,(H,22,25)(H,23,26)/t13-,19+/m0/s1. The van der Waals surface area contributed by atoms with Crippen LogP contribution in [-0.4, -0.2) is 48.4 Å². The molecule has 0 spiro atoms. The summed E-state index contributed by atoms with van der Waals surface area (Å²) in [5, 5.41) is 11.5. The fourth-order valence-corrected chi connectivity index (χ4v) is 4.94. The number of nitrogens with zero attached hydrogens (tertiary/aromatic N) is 1. The first-order valence-electron chi connectivity index (χ1n) is 9.36. The Kier molecular flexibility index (Phi) is 6.58. The number of carbonyl (C=O) groups is 2.